The topological polar surface area (TPSA) is 47.0 Å². The number of H-pyrrole nitrogens is 1. The van der Waals surface area contributed by atoms with Crippen LogP contribution in [0.2, 0.25) is 0 Å². The number of hydrogen-bond acceptors (Lipinski definition) is 2. The van der Waals surface area contributed by atoms with E-state index in [1.165, 1.54) is 12.1 Å². The van der Waals surface area contributed by atoms with Gasteiger partial charge in [0, 0.05) is 6.07 Å². The van der Waals surface area contributed by atoms with Gasteiger partial charge in [-0.1, -0.05) is 18.2 Å². The standard InChI is InChI=1S/C15H13FN2O2/c16-11-4-3-5-12(10-11)20-9-8-18-14-7-2-1-6-13(14)17-15(18)19/h1-7,10H,8-9H2,(H,17,19). The molecule has 0 aliphatic rings. The smallest absolute Gasteiger partial charge is 0.326 e. The Balaban J connectivity index is 1.74. The SMILES string of the molecule is O=c1[nH]c2ccccc2n1CCOc1cccc(F)c1. The average Bonchev–Trinajstić information content (AvgIpc) is 2.75. The van der Waals surface area contributed by atoms with Crippen molar-refractivity contribution in [2.45, 2.75) is 6.54 Å². The summed E-state index contributed by atoms with van der Waals surface area (Å²) in [7, 11) is 0. The van der Waals surface area contributed by atoms with Gasteiger partial charge < -0.3 is 9.72 Å². The van der Waals surface area contributed by atoms with Crippen LogP contribution >= 0.6 is 0 Å². The number of aromatic amines is 1. The highest BCUT2D eigenvalue weighted by atomic mass is 19.1. The molecule has 0 bridgehead atoms. The predicted octanol–water partition coefficient (Wildman–Crippen LogP) is 2.55. The van der Waals surface area contributed by atoms with Gasteiger partial charge in [0.25, 0.3) is 0 Å². The molecular formula is C15H13FN2O2. The van der Waals surface area contributed by atoms with Crippen LogP contribution < -0.4 is 10.4 Å². The summed E-state index contributed by atoms with van der Waals surface area (Å²) in [5.41, 5.74) is 1.46. The number of imidazole rings is 1. The summed E-state index contributed by atoms with van der Waals surface area (Å²) in [6, 6.07) is 13.4. The number of rotatable bonds is 4. The van der Waals surface area contributed by atoms with Crippen molar-refractivity contribution >= 4 is 11.0 Å². The second kappa shape index (κ2) is 5.21. The molecule has 0 spiro atoms. The molecule has 3 rings (SSSR count). The Hall–Kier alpha value is -2.56. The fourth-order valence-corrected chi connectivity index (χ4v) is 2.14. The fourth-order valence-electron chi connectivity index (χ4n) is 2.14. The van der Waals surface area contributed by atoms with Crippen molar-refractivity contribution in [3.63, 3.8) is 0 Å². The summed E-state index contributed by atoms with van der Waals surface area (Å²) in [5.74, 6) is 0.115. The van der Waals surface area contributed by atoms with Crippen molar-refractivity contribution in [3.8, 4) is 5.75 Å². The minimum Gasteiger partial charge on any atom is -0.492 e. The van der Waals surface area contributed by atoms with Crippen molar-refractivity contribution < 1.29 is 9.13 Å². The van der Waals surface area contributed by atoms with Crippen LogP contribution in [-0.2, 0) is 6.54 Å². The molecule has 1 heterocycles. The maximum absolute atomic E-state index is 13.0. The van der Waals surface area contributed by atoms with Gasteiger partial charge in [0.15, 0.2) is 0 Å². The van der Waals surface area contributed by atoms with Crippen molar-refractivity contribution in [2.24, 2.45) is 0 Å². The molecule has 102 valence electrons. The number of aromatic nitrogens is 2. The number of benzene rings is 2. The van der Waals surface area contributed by atoms with Crippen LogP contribution in [0, 0.1) is 5.82 Å². The van der Waals surface area contributed by atoms with E-state index in [4.69, 9.17) is 4.74 Å². The van der Waals surface area contributed by atoms with Gasteiger partial charge >= 0.3 is 5.69 Å². The van der Waals surface area contributed by atoms with Crippen LogP contribution in [0.5, 0.6) is 5.75 Å². The quantitative estimate of drug-likeness (QED) is 0.793. The van der Waals surface area contributed by atoms with Gasteiger partial charge in [-0.3, -0.25) is 4.57 Å². The van der Waals surface area contributed by atoms with E-state index < -0.39 is 0 Å². The van der Waals surface area contributed by atoms with E-state index in [1.807, 2.05) is 24.3 Å². The summed E-state index contributed by atoms with van der Waals surface area (Å²) in [6.45, 7) is 0.699. The summed E-state index contributed by atoms with van der Waals surface area (Å²) >= 11 is 0. The minimum atomic E-state index is -0.341. The number of nitrogens with one attached hydrogen (secondary N) is 1. The lowest BCUT2D eigenvalue weighted by Gasteiger charge is -2.07. The van der Waals surface area contributed by atoms with Gasteiger partial charge in [0.1, 0.15) is 18.2 Å². The van der Waals surface area contributed by atoms with E-state index in [-0.39, 0.29) is 11.5 Å². The first kappa shape index (κ1) is 12.5. The van der Waals surface area contributed by atoms with Gasteiger partial charge in [-0.05, 0) is 24.3 Å². The molecule has 0 amide bonds. The fraction of sp³-hybridized carbons (Fsp3) is 0.133. The molecular weight excluding hydrogens is 259 g/mol. The molecule has 0 fully saturated rings. The monoisotopic (exact) mass is 272 g/mol. The van der Waals surface area contributed by atoms with Gasteiger partial charge in [-0.15, -0.1) is 0 Å². The molecule has 1 N–H and O–H groups in total. The van der Waals surface area contributed by atoms with E-state index in [1.54, 1.807) is 16.7 Å². The Morgan fingerprint density at radius 3 is 2.85 bits per heavy atom. The summed E-state index contributed by atoms with van der Waals surface area (Å²) < 4.78 is 20.1. The van der Waals surface area contributed by atoms with Crippen molar-refractivity contribution in [1.82, 2.24) is 9.55 Å². The lowest BCUT2D eigenvalue weighted by molar-refractivity contribution is 0.297. The predicted molar refractivity (Wildman–Crippen MR) is 74.5 cm³/mol. The van der Waals surface area contributed by atoms with Gasteiger partial charge in [0.05, 0.1) is 17.6 Å². The largest absolute Gasteiger partial charge is 0.492 e. The van der Waals surface area contributed by atoms with Crippen LogP contribution in [0.15, 0.2) is 53.3 Å². The van der Waals surface area contributed by atoms with Crippen LogP contribution in [0.1, 0.15) is 0 Å². The molecule has 0 radical (unpaired) electrons. The molecule has 2 aromatic carbocycles. The van der Waals surface area contributed by atoms with Crippen molar-refractivity contribution in [1.29, 1.82) is 0 Å². The van der Waals surface area contributed by atoms with E-state index in [2.05, 4.69) is 4.98 Å². The molecule has 0 saturated heterocycles. The third-order valence-electron chi connectivity index (χ3n) is 3.06. The lowest BCUT2D eigenvalue weighted by Crippen LogP contribution is -2.20. The summed E-state index contributed by atoms with van der Waals surface area (Å²) in [6.07, 6.45) is 0. The number of para-hydroxylation sites is 2. The molecule has 0 unspecified atom stereocenters. The Morgan fingerprint density at radius 2 is 2.00 bits per heavy atom. The zero-order valence-corrected chi connectivity index (χ0v) is 10.7. The molecule has 5 heteroatoms. The Bertz CT molecular complexity index is 792. The zero-order valence-electron chi connectivity index (χ0n) is 10.7. The highest BCUT2D eigenvalue weighted by Gasteiger charge is 2.05. The van der Waals surface area contributed by atoms with Gasteiger partial charge in [-0.25, -0.2) is 9.18 Å². The third kappa shape index (κ3) is 2.42. The van der Waals surface area contributed by atoms with Crippen molar-refractivity contribution in [2.75, 3.05) is 6.61 Å². The van der Waals surface area contributed by atoms with Crippen LogP contribution in [0.4, 0.5) is 4.39 Å². The first-order valence-electron chi connectivity index (χ1n) is 6.30. The minimum absolute atomic E-state index is 0.172. The average molecular weight is 272 g/mol. The summed E-state index contributed by atoms with van der Waals surface area (Å²) in [4.78, 5) is 14.6. The molecule has 0 aliphatic heterocycles. The highest BCUT2D eigenvalue weighted by molar-refractivity contribution is 5.74. The molecule has 0 saturated carbocycles. The molecule has 3 aromatic rings. The first-order chi connectivity index (χ1) is 9.74. The van der Waals surface area contributed by atoms with E-state index in [9.17, 15) is 9.18 Å². The number of ether oxygens (including phenoxy) is 1. The number of fused-ring (bicyclic) bond motifs is 1. The normalized spacial score (nSPS) is 10.8. The Morgan fingerprint density at radius 1 is 1.15 bits per heavy atom. The second-order valence-electron chi connectivity index (χ2n) is 4.40. The number of nitrogens with zero attached hydrogens (tertiary/aromatic N) is 1. The maximum atomic E-state index is 13.0. The van der Waals surface area contributed by atoms with Gasteiger partial charge in [0.2, 0.25) is 0 Å². The number of hydrogen-bond donors (Lipinski definition) is 1. The van der Waals surface area contributed by atoms with E-state index >= 15 is 0 Å². The van der Waals surface area contributed by atoms with E-state index in [0.29, 0.717) is 18.9 Å². The molecule has 20 heavy (non-hydrogen) atoms. The first-order valence-corrected chi connectivity index (χ1v) is 6.30. The van der Waals surface area contributed by atoms with Crippen LogP contribution in [0.25, 0.3) is 11.0 Å². The Labute approximate surface area is 114 Å². The molecule has 0 atom stereocenters. The van der Waals surface area contributed by atoms with Crippen LogP contribution in [0.3, 0.4) is 0 Å². The van der Waals surface area contributed by atoms with Crippen LogP contribution in [-0.4, -0.2) is 16.2 Å². The lowest BCUT2D eigenvalue weighted by atomic mass is 10.3. The van der Waals surface area contributed by atoms with E-state index in [0.717, 1.165) is 11.0 Å². The molecule has 0 aliphatic carbocycles. The zero-order chi connectivity index (χ0) is 13.9. The highest BCUT2D eigenvalue weighted by Crippen LogP contribution is 2.12. The maximum Gasteiger partial charge on any atom is 0.326 e. The number of halogens is 1. The molecule has 4 nitrogen and oxygen atoms in total. The molecule has 1 aromatic heterocycles. The third-order valence-corrected chi connectivity index (χ3v) is 3.06. The summed E-state index contributed by atoms with van der Waals surface area (Å²) in [5, 5.41) is 0. The second-order valence-corrected chi connectivity index (χ2v) is 4.40. The van der Waals surface area contributed by atoms with Gasteiger partial charge in [-0.2, -0.15) is 0 Å². The van der Waals surface area contributed by atoms with Crippen molar-refractivity contribution in [3.05, 3.63) is 64.8 Å². The Kier molecular flexibility index (Phi) is 3.25.